The number of esters is 2. The van der Waals surface area contributed by atoms with E-state index in [1.54, 1.807) is 0 Å². The minimum absolute atomic E-state index is 0.0531. The molecule has 0 bridgehead atoms. The molecule has 0 heterocycles. The van der Waals surface area contributed by atoms with Crippen LogP contribution in [0.2, 0.25) is 0 Å². The smallest absolute Gasteiger partial charge is 0.462 e. The maximum atomic E-state index is 12.7. The molecule has 0 radical (unpaired) electrons. The fourth-order valence-electron chi connectivity index (χ4n) is 7.19. The van der Waals surface area contributed by atoms with E-state index in [1.165, 1.54) is 167 Å². The number of carbonyl (C=O) groups is 2. The summed E-state index contributed by atoms with van der Waals surface area (Å²) < 4.78 is 32.9. The molecule has 0 spiro atoms. The molecule has 0 saturated carbocycles. The predicted octanol–water partition coefficient (Wildman–Crippen LogP) is 15.3. The summed E-state index contributed by atoms with van der Waals surface area (Å²) in [6.07, 6.45) is 54.6. The number of hydrogen-bond donors (Lipinski definition) is 2. The summed E-state index contributed by atoms with van der Waals surface area (Å²) in [5, 5.41) is 0. The Kier molecular flexibility index (Phi) is 46.3. The molecule has 9 nitrogen and oxygen atoms in total. The minimum atomic E-state index is -4.38. The van der Waals surface area contributed by atoms with Gasteiger partial charge in [-0.2, -0.15) is 0 Å². The number of allylic oxidation sites excluding steroid dienone is 6. The van der Waals surface area contributed by atoms with Crippen LogP contribution in [0, 0.1) is 0 Å². The first-order valence-corrected chi connectivity index (χ1v) is 27.0. The fraction of sp³-hybridized carbons (Fsp3) is 0.843. The van der Waals surface area contributed by atoms with Gasteiger partial charge in [0.25, 0.3) is 0 Å². The van der Waals surface area contributed by atoms with E-state index in [0.717, 1.165) is 44.9 Å². The van der Waals surface area contributed by atoms with Gasteiger partial charge in [-0.15, -0.1) is 0 Å². The highest BCUT2D eigenvalue weighted by molar-refractivity contribution is 7.47. The molecule has 0 saturated heterocycles. The van der Waals surface area contributed by atoms with E-state index in [9.17, 15) is 19.0 Å². The Bertz CT molecular complexity index is 1100. The Morgan fingerprint density at radius 1 is 0.492 bits per heavy atom. The first kappa shape index (κ1) is 59.2. The maximum Gasteiger partial charge on any atom is 0.472 e. The molecule has 10 heteroatoms. The molecule has 0 aliphatic carbocycles. The molecule has 0 aromatic heterocycles. The first-order chi connectivity index (χ1) is 29.8. The van der Waals surface area contributed by atoms with Crippen molar-refractivity contribution in [3.05, 3.63) is 36.5 Å². The second-order valence-electron chi connectivity index (χ2n) is 17.0. The van der Waals surface area contributed by atoms with E-state index >= 15 is 0 Å². The molecule has 1 unspecified atom stereocenters. The van der Waals surface area contributed by atoms with Crippen LogP contribution in [0.5, 0.6) is 0 Å². The third-order valence-electron chi connectivity index (χ3n) is 11.0. The molecule has 0 amide bonds. The quantitative estimate of drug-likeness (QED) is 0.0265. The van der Waals surface area contributed by atoms with Crippen molar-refractivity contribution in [1.82, 2.24) is 0 Å². The van der Waals surface area contributed by atoms with E-state index in [0.29, 0.717) is 6.42 Å². The molecule has 0 aliphatic rings. The Morgan fingerprint density at radius 2 is 0.852 bits per heavy atom. The number of nitrogens with two attached hydrogens (primary N) is 1. The van der Waals surface area contributed by atoms with Gasteiger partial charge in [0.1, 0.15) is 6.61 Å². The van der Waals surface area contributed by atoms with E-state index in [4.69, 9.17) is 24.3 Å². The summed E-state index contributed by atoms with van der Waals surface area (Å²) >= 11 is 0. The highest BCUT2D eigenvalue weighted by Gasteiger charge is 2.26. The normalized spacial score (nSPS) is 13.4. The Balaban J connectivity index is 4.04. The van der Waals surface area contributed by atoms with Gasteiger partial charge in [-0.25, -0.2) is 4.57 Å². The lowest BCUT2D eigenvalue weighted by molar-refractivity contribution is -0.161. The number of phosphoric ester groups is 1. The molecule has 2 atom stereocenters. The minimum Gasteiger partial charge on any atom is -0.462 e. The van der Waals surface area contributed by atoms with Crippen LogP contribution in [0.1, 0.15) is 245 Å². The average molecular weight is 882 g/mol. The molecular weight excluding hydrogens is 786 g/mol. The third kappa shape index (κ3) is 47.5. The lowest BCUT2D eigenvalue weighted by Crippen LogP contribution is -2.29. The third-order valence-corrected chi connectivity index (χ3v) is 12.0. The Morgan fingerprint density at radius 3 is 1.30 bits per heavy atom. The Hall–Kier alpha value is -1.77. The van der Waals surface area contributed by atoms with Crippen molar-refractivity contribution in [3.8, 4) is 0 Å². The topological polar surface area (TPSA) is 134 Å². The number of ether oxygens (including phenoxy) is 2. The highest BCUT2D eigenvalue weighted by Crippen LogP contribution is 2.43. The van der Waals surface area contributed by atoms with Crippen molar-refractivity contribution in [3.63, 3.8) is 0 Å². The molecule has 3 N–H and O–H groups in total. The molecule has 0 fully saturated rings. The predicted molar refractivity (Wildman–Crippen MR) is 257 cm³/mol. The zero-order valence-electron chi connectivity index (χ0n) is 39.7. The van der Waals surface area contributed by atoms with E-state index in [-0.39, 0.29) is 38.6 Å². The fourth-order valence-corrected chi connectivity index (χ4v) is 7.96. The monoisotopic (exact) mass is 882 g/mol. The van der Waals surface area contributed by atoms with Gasteiger partial charge in [0, 0.05) is 19.4 Å². The number of carbonyl (C=O) groups excluding carboxylic acids is 2. The summed E-state index contributed by atoms with van der Waals surface area (Å²) in [6.45, 7) is 3.73. The van der Waals surface area contributed by atoms with Crippen molar-refractivity contribution in [2.24, 2.45) is 5.73 Å². The van der Waals surface area contributed by atoms with Crippen molar-refractivity contribution in [1.29, 1.82) is 0 Å². The highest BCUT2D eigenvalue weighted by atomic mass is 31.2. The van der Waals surface area contributed by atoms with Gasteiger partial charge in [0.15, 0.2) is 6.10 Å². The lowest BCUT2D eigenvalue weighted by atomic mass is 10.0. The van der Waals surface area contributed by atoms with Crippen LogP contribution in [0.25, 0.3) is 0 Å². The Labute approximate surface area is 375 Å². The van der Waals surface area contributed by atoms with Crippen LogP contribution in [-0.2, 0) is 32.7 Å². The molecule has 358 valence electrons. The second-order valence-corrected chi connectivity index (χ2v) is 18.5. The summed E-state index contributed by atoms with van der Waals surface area (Å²) in [6, 6.07) is 0. The van der Waals surface area contributed by atoms with Crippen molar-refractivity contribution >= 4 is 19.8 Å². The molecule has 61 heavy (non-hydrogen) atoms. The zero-order valence-corrected chi connectivity index (χ0v) is 40.5. The summed E-state index contributed by atoms with van der Waals surface area (Å²) in [5.74, 6) is -0.826. The van der Waals surface area contributed by atoms with Gasteiger partial charge >= 0.3 is 19.8 Å². The molecular formula is C51H96NO8P. The van der Waals surface area contributed by atoms with Gasteiger partial charge in [-0.1, -0.05) is 198 Å². The standard InChI is InChI=1S/C51H96NO8P/c1-3-5-7-9-11-13-15-17-19-21-23-24-26-28-30-32-34-36-38-40-42-44-51(54)60-49(48-59-61(55,56)58-46-45-52)47-57-50(53)43-41-39-37-35-33-31-29-27-25-22-20-18-16-14-12-10-8-6-4-2/h12,14,17-20,49H,3-11,13,15-16,21-48,52H2,1-2H3,(H,55,56)/t49-/m1/s1. The van der Waals surface area contributed by atoms with E-state index in [2.05, 4.69) is 50.3 Å². The van der Waals surface area contributed by atoms with Gasteiger partial charge in [0.05, 0.1) is 13.2 Å². The number of hydrogen-bond acceptors (Lipinski definition) is 8. The van der Waals surface area contributed by atoms with Gasteiger partial charge < -0.3 is 20.1 Å². The van der Waals surface area contributed by atoms with Crippen LogP contribution in [-0.4, -0.2) is 49.3 Å². The second kappa shape index (κ2) is 47.7. The SMILES string of the molecule is CCCCCC=CCC=CCCCCCCCCCCCC(=O)OC[C@H](COP(=O)(O)OCCN)OC(=O)CCCCCCCCCCCCCC=CCCCCCCCC. The van der Waals surface area contributed by atoms with Crippen molar-refractivity contribution in [2.45, 2.75) is 251 Å². The van der Waals surface area contributed by atoms with Crippen LogP contribution in [0.4, 0.5) is 0 Å². The van der Waals surface area contributed by atoms with Crippen LogP contribution < -0.4 is 5.73 Å². The van der Waals surface area contributed by atoms with Crippen LogP contribution in [0.15, 0.2) is 36.5 Å². The molecule has 0 rings (SSSR count). The maximum absolute atomic E-state index is 12.7. The molecule has 0 aliphatic heterocycles. The van der Waals surface area contributed by atoms with E-state index < -0.39 is 26.5 Å². The first-order valence-electron chi connectivity index (χ1n) is 25.5. The molecule has 0 aromatic carbocycles. The largest absolute Gasteiger partial charge is 0.472 e. The van der Waals surface area contributed by atoms with Gasteiger partial charge in [-0.05, 0) is 70.6 Å². The summed E-state index contributed by atoms with van der Waals surface area (Å²) in [5.41, 5.74) is 5.37. The van der Waals surface area contributed by atoms with Crippen LogP contribution >= 0.6 is 7.82 Å². The summed E-state index contributed by atoms with van der Waals surface area (Å²) in [7, 11) is -4.38. The molecule has 0 aromatic rings. The number of unbranched alkanes of at least 4 members (excludes halogenated alkanes) is 29. The zero-order chi connectivity index (χ0) is 44.6. The van der Waals surface area contributed by atoms with E-state index in [1.807, 2.05) is 0 Å². The average Bonchev–Trinajstić information content (AvgIpc) is 3.25. The van der Waals surface area contributed by atoms with Crippen molar-refractivity contribution < 1.29 is 37.6 Å². The number of phosphoric acid groups is 1. The van der Waals surface area contributed by atoms with Gasteiger partial charge in [-0.3, -0.25) is 18.6 Å². The van der Waals surface area contributed by atoms with Crippen molar-refractivity contribution in [2.75, 3.05) is 26.4 Å². The van der Waals surface area contributed by atoms with Gasteiger partial charge in [0.2, 0.25) is 0 Å². The summed E-state index contributed by atoms with van der Waals surface area (Å²) in [4.78, 5) is 35.0. The van der Waals surface area contributed by atoms with Crippen LogP contribution in [0.3, 0.4) is 0 Å². The lowest BCUT2D eigenvalue weighted by Gasteiger charge is -2.19. The number of rotatable bonds is 48.